The van der Waals surface area contributed by atoms with Gasteiger partial charge in [-0.05, 0) is 12.8 Å². The highest BCUT2D eigenvalue weighted by atomic mass is 16.4. The normalized spacial score (nSPS) is 15.6. The van der Waals surface area contributed by atoms with Gasteiger partial charge in [-0.3, -0.25) is 14.4 Å². The summed E-state index contributed by atoms with van der Waals surface area (Å²) < 4.78 is 1.73. The van der Waals surface area contributed by atoms with Gasteiger partial charge in [0.25, 0.3) is 0 Å². The van der Waals surface area contributed by atoms with Crippen molar-refractivity contribution in [3.63, 3.8) is 0 Å². The van der Waals surface area contributed by atoms with E-state index < -0.39 is 5.97 Å². The van der Waals surface area contributed by atoms with Gasteiger partial charge in [0.15, 0.2) is 0 Å². The molecule has 2 rings (SSSR count). The van der Waals surface area contributed by atoms with Crippen LogP contribution in [-0.4, -0.2) is 43.3 Å². The van der Waals surface area contributed by atoms with Crippen molar-refractivity contribution in [2.24, 2.45) is 7.05 Å². The zero-order valence-corrected chi connectivity index (χ0v) is 9.33. The molecule has 1 N–H and O–H groups in total. The number of carboxylic acid groups (broad SMARTS) is 1. The number of rotatable bonds is 6. The fourth-order valence-electron chi connectivity index (χ4n) is 1.71. The van der Waals surface area contributed by atoms with Gasteiger partial charge in [0, 0.05) is 19.6 Å². The lowest BCUT2D eigenvalue weighted by atomic mass is 10.3. The van der Waals surface area contributed by atoms with E-state index in [-0.39, 0.29) is 6.42 Å². The minimum Gasteiger partial charge on any atom is -0.481 e. The molecule has 88 valence electrons. The minimum absolute atomic E-state index is 0.189. The number of aliphatic carboxylic acids is 1. The van der Waals surface area contributed by atoms with Crippen molar-refractivity contribution in [1.82, 2.24) is 19.7 Å². The average molecular weight is 224 g/mol. The summed E-state index contributed by atoms with van der Waals surface area (Å²) in [5.74, 6) is 0.140. The molecule has 16 heavy (non-hydrogen) atoms. The molecule has 1 aliphatic rings. The first-order valence-corrected chi connectivity index (χ1v) is 5.45. The van der Waals surface area contributed by atoms with Gasteiger partial charge in [-0.1, -0.05) is 0 Å². The van der Waals surface area contributed by atoms with Gasteiger partial charge in [-0.25, -0.2) is 4.98 Å². The van der Waals surface area contributed by atoms with Gasteiger partial charge in [-0.2, -0.15) is 5.10 Å². The predicted molar refractivity (Wildman–Crippen MR) is 56.7 cm³/mol. The number of carboxylic acids is 1. The summed E-state index contributed by atoms with van der Waals surface area (Å²) in [6, 6.07) is 0.538. The van der Waals surface area contributed by atoms with E-state index in [2.05, 4.69) is 15.0 Å². The summed E-state index contributed by atoms with van der Waals surface area (Å²) in [5.41, 5.74) is 0. The van der Waals surface area contributed by atoms with Crippen molar-refractivity contribution in [3.05, 3.63) is 12.2 Å². The zero-order valence-electron chi connectivity index (χ0n) is 9.33. The summed E-state index contributed by atoms with van der Waals surface area (Å²) >= 11 is 0. The van der Waals surface area contributed by atoms with Crippen LogP contribution in [0.5, 0.6) is 0 Å². The molecule has 1 aromatic heterocycles. The third kappa shape index (κ3) is 2.79. The van der Waals surface area contributed by atoms with Crippen LogP contribution in [0.1, 0.15) is 25.1 Å². The summed E-state index contributed by atoms with van der Waals surface area (Å²) in [4.78, 5) is 16.9. The number of hydrogen-bond donors (Lipinski definition) is 1. The van der Waals surface area contributed by atoms with Gasteiger partial charge in [-0.15, -0.1) is 0 Å². The fourth-order valence-corrected chi connectivity index (χ4v) is 1.71. The molecule has 1 aromatic rings. The average Bonchev–Trinajstić information content (AvgIpc) is 2.99. The highest BCUT2D eigenvalue weighted by Gasteiger charge is 2.29. The van der Waals surface area contributed by atoms with Crippen LogP contribution in [0, 0.1) is 0 Å². The monoisotopic (exact) mass is 224 g/mol. The van der Waals surface area contributed by atoms with E-state index in [1.807, 2.05) is 7.05 Å². The van der Waals surface area contributed by atoms with Gasteiger partial charge < -0.3 is 5.11 Å². The Morgan fingerprint density at radius 2 is 2.44 bits per heavy atom. The Morgan fingerprint density at radius 3 is 2.94 bits per heavy atom. The van der Waals surface area contributed by atoms with Crippen LogP contribution in [0.25, 0.3) is 0 Å². The Kier molecular flexibility index (Phi) is 3.19. The Morgan fingerprint density at radius 1 is 1.69 bits per heavy atom. The molecule has 0 aliphatic heterocycles. The maximum Gasteiger partial charge on any atom is 0.304 e. The number of hydrogen-bond acceptors (Lipinski definition) is 4. The highest BCUT2D eigenvalue weighted by molar-refractivity contribution is 5.66. The quantitative estimate of drug-likeness (QED) is 0.750. The Bertz CT molecular complexity index is 373. The molecule has 0 bridgehead atoms. The Labute approximate surface area is 93.9 Å². The molecule has 1 aliphatic carbocycles. The molecule has 6 nitrogen and oxygen atoms in total. The maximum absolute atomic E-state index is 10.6. The molecule has 0 saturated heterocycles. The van der Waals surface area contributed by atoms with E-state index in [0.29, 0.717) is 19.1 Å². The Hall–Kier alpha value is -1.43. The molecule has 0 spiro atoms. The van der Waals surface area contributed by atoms with E-state index in [0.717, 1.165) is 18.7 Å². The van der Waals surface area contributed by atoms with Gasteiger partial charge >= 0.3 is 5.97 Å². The summed E-state index contributed by atoms with van der Waals surface area (Å²) in [6.45, 7) is 1.28. The SMILES string of the molecule is Cn1ncnc1CN(CCC(=O)O)C1CC1. The van der Waals surface area contributed by atoms with Gasteiger partial charge in [0.1, 0.15) is 12.2 Å². The molecule has 1 fully saturated rings. The van der Waals surface area contributed by atoms with Crippen LogP contribution in [0.2, 0.25) is 0 Å². The van der Waals surface area contributed by atoms with E-state index >= 15 is 0 Å². The first-order chi connectivity index (χ1) is 7.66. The molecule has 0 atom stereocenters. The molecule has 0 unspecified atom stereocenters. The fraction of sp³-hybridized carbons (Fsp3) is 0.700. The van der Waals surface area contributed by atoms with Crippen LogP contribution in [0.3, 0.4) is 0 Å². The minimum atomic E-state index is -0.747. The molecule has 0 amide bonds. The van der Waals surface area contributed by atoms with Gasteiger partial charge in [0.05, 0.1) is 13.0 Å². The van der Waals surface area contributed by atoms with Crippen molar-refractivity contribution in [2.45, 2.75) is 31.8 Å². The second-order valence-electron chi connectivity index (χ2n) is 4.15. The number of aromatic nitrogens is 3. The largest absolute Gasteiger partial charge is 0.481 e. The summed E-state index contributed by atoms with van der Waals surface area (Å²) in [5, 5.41) is 12.7. The smallest absolute Gasteiger partial charge is 0.304 e. The first-order valence-electron chi connectivity index (χ1n) is 5.45. The molecule has 6 heteroatoms. The van der Waals surface area contributed by atoms with Crippen LogP contribution in [0.4, 0.5) is 0 Å². The summed E-state index contributed by atoms with van der Waals surface area (Å²) in [6.07, 6.45) is 4.04. The van der Waals surface area contributed by atoms with Crippen molar-refractivity contribution in [1.29, 1.82) is 0 Å². The molecular formula is C10H16N4O2. The van der Waals surface area contributed by atoms with Crippen molar-refractivity contribution in [2.75, 3.05) is 6.54 Å². The third-order valence-corrected chi connectivity index (χ3v) is 2.83. The number of aryl methyl sites for hydroxylation is 1. The zero-order chi connectivity index (χ0) is 11.5. The molecule has 1 saturated carbocycles. The van der Waals surface area contributed by atoms with E-state index in [1.54, 1.807) is 4.68 Å². The topological polar surface area (TPSA) is 71.2 Å². The lowest BCUT2D eigenvalue weighted by Crippen LogP contribution is -2.29. The van der Waals surface area contributed by atoms with Gasteiger partial charge in [0.2, 0.25) is 0 Å². The first kappa shape index (κ1) is 11.1. The van der Waals surface area contributed by atoms with Crippen LogP contribution in [0.15, 0.2) is 6.33 Å². The maximum atomic E-state index is 10.6. The second kappa shape index (κ2) is 4.61. The lowest BCUT2D eigenvalue weighted by Gasteiger charge is -2.20. The summed E-state index contributed by atoms with van der Waals surface area (Å²) in [7, 11) is 1.85. The third-order valence-electron chi connectivity index (χ3n) is 2.83. The highest BCUT2D eigenvalue weighted by Crippen LogP contribution is 2.27. The second-order valence-corrected chi connectivity index (χ2v) is 4.15. The van der Waals surface area contributed by atoms with Crippen LogP contribution < -0.4 is 0 Å². The number of carbonyl (C=O) groups is 1. The number of nitrogens with zero attached hydrogens (tertiary/aromatic N) is 4. The molecular weight excluding hydrogens is 208 g/mol. The van der Waals surface area contributed by atoms with Crippen molar-refractivity contribution in [3.8, 4) is 0 Å². The Balaban J connectivity index is 1.92. The molecule has 0 radical (unpaired) electrons. The predicted octanol–water partition coefficient (Wildman–Crippen LogP) is 0.254. The molecule has 0 aromatic carbocycles. The van der Waals surface area contributed by atoms with Crippen LogP contribution >= 0.6 is 0 Å². The van der Waals surface area contributed by atoms with Crippen molar-refractivity contribution < 1.29 is 9.90 Å². The van der Waals surface area contributed by atoms with Crippen LogP contribution in [-0.2, 0) is 18.4 Å². The van der Waals surface area contributed by atoms with E-state index in [4.69, 9.17) is 5.11 Å². The van der Waals surface area contributed by atoms with Crippen molar-refractivity contribution >= 4 is 5.97 Å². The standard InChI is InChI=1S/C10H16N4O2/c1-13-9(11-7-12-13)6-14(8-2-3-8)5-4-10(15)16/h7-8H,2-6H2,1H3,(H,15,16). The lowest BCUT2D eigenvalue weighted by molar-refractivity contribution is -0.137. The van der Waals surface area contributed by atoms with E-state index in [9.17, 15) is 4.79 Å². The molecule has 1 heterocycles. The van der Waals surface area contributed by atoms with E-state index in [1.165, 1.54) is 6.33 Å².